The maximum Gasteiger partial charge on any atom is 0.269 e. The summed E-state index contributed by atoms with van der Waals surface area (Å²) >= 11 is 0. The lowest BCUT2D eigenvalue weighted by molar-refractivity contribution is -0.384. The normalized spacial score (nSPS) is 11.0. The summed E-state index contributed by atoms with van der Waals surface area (Å²) in [6, 6.07) is 5.00. The SMILES string of the molecule is Cc1nc(O)c(C(c2ccc([N+](=O)[O-])cc2)c2c(O)nc(C)[nH]c2=O)c(=O)[nH]1. The third-order valence-electron chi connectivity index (χ3n) is 4.12. The molecule has 2 aromatic heterocycles. The van der Waals surface area contributed by atoms with Gasteiger partial charge in [-0.2, -0.15) is 0 Å². The quantitative estimate of drug-likeness (QED) is 0.379. The average molecular weight is 385 g/mol. The molecule has 4 N–H and O–H groups in total. The third-order valence-corrected chi connectivity index (χ3v) is 4.12. The monoisotopic (exact) mass is 385 g/mol. The van der Waals surface area contributed by atoms with Crippen LogP contribution in [0.2, 0.25) is 0 Å². The molecular weight excluding hydrogens is 370 g/mol. The second-order valence-corrected chi connectivity index (χ2v) is 6.06. The first-order valence-corrected chi connectivity index (χ1v) is 8.03. The van der Waals surface area contributed by atoms with Gasteiger partial charge in [-0.25, -0.2) is 9.97 Å². The van der Waals surface area contributed by atoms with Gasteiger partial charge in [0.05, 0.1) is 22.0 Å². The van der Waals surface area contributed by atoms with Crippen LogP contribution in [0.4, 0.5) is 5.69 Å². The number of aromatic amines is 2. The molecule has 0 unspecified atom stereocenters. The Hall–Kier alpha value is -4.02. The minimum atomic E-state index is -1.27. The number of hydrogen-bond donors (Lipinski definition) is 4. The summed E-state index contributed by atoms with van der Waals surface area (Å²) in [6.07, 6.45) is 0. The van der Waals surface area contributed by atoms with Crippen molar-refractivity contribution in [1.82, 2.24) is 19.9 Å². The van der Waals surface area contributed by atoms with Crippen molar-refractivity contribution in [3.63, 3.8) is 0 Å². The van der Waals surface area contributed by atoms with Crippen molar-refractivity contribution in [3.05, 3.63) is 83.4 Å². The number of nitrogens with one attached hydrogen (secondary N) is 2. The lowest BCUT2D eigenvalue weighted by atomic mass is 9.86. The zero-order valence-corrected chi connectivity index (χ0v) is 14.8. The second kappa shape index (κ2) is 6.95. The molecule has 0 spiro atoms. The minimum absolute atomic E-state index is 0.147. The molecule has 0 amide bonds. The molecule has 0 bridgehead atoms. The molecule has 0 aliphatic rings. The predicted octanol–water partition coefficient (Wildman–Crippen LogP) is 0.970. The molecule has 11 heteroatoms. The van der Waals surface area contributed by atoms with Gasteiger partial charge in [0, 0.05) is 12.1 Å². The van der Waals surface area contributed by atoms with Crippen molar-refractivity contribution in [2.24, 2.45) is 0 Å². The van der Waals surface area contributed by atoms with Gasteiger partial charge in [0.2, 0.25) is 11.8 Å². The highest BCUT2D eigenvalue weighted by molar-refractivity contribution is 5.49. The largest absolute Gasteiger partial charge is 0.493 e. The molecule has 3 rings (SSSR count). The number of aryl methyl sites for hydroxylation is 2. The molecule has 0 aliphatic heterocycles. The van der Waals surface area contributed by atoms with Crippen LogP contribution in [0.3, 0.4) is 0 Å². The van der Waals surface area contributed by atoms with Gasteiger partial charge in [0.25, 0.3) is 16.8 Å². The van der Waals surface area contributed by atoms with Crippen LogP contribution in [-0.4, -0.2) is 35.1 Å². The van der Waals surface area contributed by atoms with E-state index in [1.165, 1.54) is 38.1 Å². The predicted molar refractivity (Wildman–Crippen MR) is 96.6 cm³/mol. The number of rotatable bonds is 4. The Morgan fingerprint density at radius 3 is 1.71 bits per heavy atom. The van der Waals surface area contributed by atoms with E-state index in [4.69, 9.17) is 0 Å². The summed E-state index contributed by atoms with van der Waals surface area (Å²) in [7, 11) is 0. The van der Waals surface area contributed by atoms with Crippen LogP contribution in [0, 0.1) is 24.0 Å². The molecule has 28 heavy (non-hydrogen) atoms. The number of H-pyrrole nitrogens is 2. The van der Waals surface area contributed by atoms with Gasteiger partial charge in [-0.15, -0.1) is 0 Å². The number of aromatic hydroxyl groups is 2. The molecule has 11 nitrogen and oxygen atoms in total. The highest BCUT2D eigenvalue weighted by atomic mass is 16.6. The molecule has 0 saturated carbocycles. The standard InChI is InChI=1S/C17H15N5O6/c1-7-18-14(23)12(15(24)19-7)11(9-3-5-10(6-4-9)22(27)28)13-16(25)20-8(2)21-17(13)26/h3-6,11H,1-2H3,(H2,18,19,23,24)(H2,20,21,25,26). The fourth-order valence-electron chi connectivity index (χ4n) is 2.95. The lowest BCUT2D eigenvalue weighted by Crippen LogP contribution is -2.26. The molecule has 144 valence electrons. The molecular formula is C17H15N5O6. The Morgan fingerprint density at radius 2 is 1.36 bits per heavy atom. The maximum atomic E-state index is 12.5. The molecule has 1 aromatic carbocycles. The molecule has 0 radical (unpaired) electrons. The fourth-order valence-corrected chi connectivity index (χ4v) is 2.95. The number of nitro benzene ring substituents is 1. The van der Waals surface area contributed by atoms with Crippen molar-refractivity contribution in [2.75, 3.05) is 0 Å². The van der Waals surface area contributed by atoms with Gasteiger partial charge in [-0.3, -0.25) is 19.7 Å². The number of aromatic nitrogens is 4. The molecule has 0 aliphatic carbocycles. The van der Waals surface area contributed by atoms with E-state index in [0.29, 0.717) is 0 Å². The maximum absolute atomic E-state index is 12.5. The Labute approximate surface area is 156 Å². The van der Waals surface area contributed by atoms with Crippen LogP contribution in [0.5, 0.6) is 11.8 Å². The van der Waals surface area contributed by atoms with Crippen molar-refractivity contribution >= 4 is 5.69 Å². The minimum Gasteiger partial charge on any atom is -0.493 e. The highest BCUT2D eigenvalue weighted by Crippen LogP contribution is 2.35. The Kier molecular flexibility index (Phi) is 4.65. The number of non-ortho nitro benzene ring substituents is 1. The second-order valence-electron chi connectivity index (χ2n) is 6.06. The van der Waals surface area contributed by atoms with E-state index in [1.54, 1.807) is 0 Å². The van der Waals surface area contributed by atoms with Crippen LogP contribution in [0.15, 0.2) is 33.9 Å². The zero-order valence-electron chi connectivity index (χ0n) is 14.8. The van der Waals surface area contributed by atoms with Crippen molar-refractivity contribution < 1.29 is 15.1 Å². The molecule has 2 heterocycles. The smallest absolute Gasteiger partial charge is 0.269 e. The summed E-state index contributed by atoms with van der Waals surface area (Å²) in [5.41, 5.74) is -2.02. The summed E-state index contributed by atoms with van der Waals surface area (Å²) in [6.45, 7) is 2.92. The Morgan fingerprint density at radius 1 is 0.929 bits per heavy atom. The topological polar surface area (TPSA) is 175 Å². The van der Waals surface area contributed by atoms with Crippen LogP contribution in [0.1, 0.15) is 34.3 Å². The van der Waals surface area contributed by atoms with Gasteiger partial charge in [-0.1, -0.05) is 12.1 Å². The van der Waals surface area contributed by atoms with Crippen LogP contribution < -0.4 is 11.1 Å². The van der Waals surface area contributed by atoms with E-state index in [0.717, 1.165) is 0 Å². The van der Waals surface area contributed by atoms with Gasteiger partial charge >= 0.3 is 0 Å². The van der Waals surface area contributed by atoms with Crippen molar-refractivity contribution in [3.8, 4) is 11.8 Å². The highest BCUT2D eigenvalue weighted by Gasteiger charge is 2.30. The van der Waals surface area contributed by atoms with Crippen molar-refractivity contribution in [1.29, 1.82) is 0 Å². The van der Waals surface area contributed by atoms with E-state index in [9.17, 15) is 29.9 Å². The summed E-state index contributed by atoms with van der Waals surface area (Å²) in [5.74, 6) is -2.25. The Balaban J connectivity index is 2.35. The van der Waals surface area contributed by atoms with Crippen molar-refractivity contribution in [2.45, 2.75) is 19.8 Å². The number of nitro groups is 1. The summed E-state index contributed by atoms with van der Waals surface area (Å²) < 4.78 is 0. The summed E-state index contributed by atoms with van der Waals surface area (Å²) in [4.78, 5) is 47.9. The summed E-state index contributed by atoms with van der Waals surface area (Å²) in [5, 5.41) is 31.5. The molecule has 3 aromatic rings. The first-order chi connectivity index (χ1) is 13.2. The van der Waals surface area contributed by atoms with E-state index >= 15 is 0 Å². The van der Waals surface area contributed by atoms with E-state index in [-0.39, 0.29) is 34.0 Å². The molecule has 0 fully saturated rings. The first-order valence-electron chi connectivity index (χ1n) is 8.03. The van der Waals surface area contributed by atoms with Gasteiger partial charge in [0.1, 0.15) is 11.6 Å². The first kappa shape index (κ1) is 18.8. The lowest BCUT2D eigenvalue weighted by Gasteiger charge is -2.18. The zero-order chi connectivity index (χ0) is 20.6. The van der Waals surface area contributed by atoms with E-state index < -0.39 is 33.7 Å². The van der Waals surface area contributed by atoms with Gasteiger partial charge < -0.3 is 20.2 Å². The fraction of sp³-hybridized carbons (Fsp3) is 0.176. The van der Waals surface area contributed by atoms with Crippen LogP contribution >= 0.6 is 0 Å². The Bertz CT molecular complexity index is 1120. The number of hydrogen-bond acceptors (Lipinski definition) is 8. The molecule has 0 saturated heterocycles. The van der Waals surface area contributed by atoms with E-state index in [2.05, 4.69) is 19.9 Å². The van der Waals surface area contributed by atoms with Gasteiger partial charge in [-0.05, 0) is 19.4 Å². The average Bonchev–Trinajstić information content (AvgIpc) is 2.58. The van der Waals surface area contributed by atoms with Crippen LogP contribution in [0.25, 0.3) is 0 Å². The number of benzene rings is 1. The van der Waals surface area contributed by atoms with E-state index in [1.807, 2.05) is 0 Å². The van der Waals surface area contributed by atoms with Gasteiger partial charge in [0.15, 0.2) is 0 Å². The number of nitrogens with zero attached hydrogens (tertiary/aromatic N) is 3. The van der Waals surface area contributed by atoms with Crippen LogP contribution in [-0.2, 0) is 0 Å². The third kappa shape index (κ3) is 3.32. The molecule has 0 atom stereocenters.